The number of carbonyl (C=O) groups excluding carboxylic acids is 1. The molecule has 0 aliphatic carbocycles. The van der Waals surface area contributed by atoms with Crippen molar-refractivity contribution in [2.75, 3.05) is 20.2 Å². The first-order chi connectivity index (χ1) is 5.69. The Hall–Kier alpha value is -1.08. The molecule has 1 atom stereocenters. The van der Waals surface area contributed by atoms with Crippen molar-refractivity contribution in [1.29, 1.82) is 5.26 Å². The van der Waals surface area contributed by atoms with Crippen LogP contribution in [0, 0.1) is 17.2 Å². The fraction of sp³-hybridized carbons (Fsp3) is 0.750. The highest BCUT2D eigenvalue weighted by atomic mass is 16.5. The minimum atomic E-state index is -0.525. The molecule has 4 nitrogen and oxygen atoms in total. The van der Waals surface area contributed by atoms with Gasteiger partial charge in [-0.25, -0.2) is 0 Å². The smallest absolute Gasteiger partial charge is 0.239 e. The Morgan fingerprint density at radius 2 is 2.33 bits per heavy atom. The van der Waals surface area contributed by atoms with Gasteiger partial charge in [-0.2, -0.15) is 5.26 Å². The van der Waals surface area contributed by atoms with Crippen molar-refractivity contribution in [1.82, 2.24) is 4.90 Å². The van der Waals surface area contributed by atoms with Gasteiger partial charge in [0.25, 0.3) is 0 Å². The summed E-state index contributed by atoms with van der Waals surface area (Å²) in [6.45, 7) is 2.87. The molecule has 0 aromatic heterocycles. The lowest BCUT2D eigenvalue weighted by Gasteiger charge is -2.38. The summed E-state index contributed by atoms with van der Waals surface area (Å²) in [5.74, 6) is -0.617. The van der Waals surface area contributed by atoms with Crippen LogP contribution in [0.1, 0.15) is 6.92 Å². The Morgan fingerprint density at radius 1 is 1.75 bits per heavy atom. The summed E-state index contributed by atoms with van der Waals surface area (Å²) < 4.78 is 5.00. The highest BCUT2D eigenvalue weighted by Crippen LogP contribution is 2.13. The number of rotatable bonds is 2. The standard InChI is InChI=1S/C8H12N2O2/c1-6(3-9)8(11)10-4-7(5-10)12-2/h6-7H,4-5H2,1-2H3. The van der Waals surface area contributed by atoms with Crippen LogP contribution >= 0.6 is 0 Å². The Morgan fingerprint density at radius 3 is 2.75 bits per heavy atom. The third-order valence-corrected chi connectivity index (χ3v) is 2.06. The zero-order valence-electron chi connectivity index (χ0n) is 7.28. The van der Waals surface area contributed by atoms with Crippen molar-refractivity contribution >= 4 is 5.91 Å². The van der Waals surface area contributed by atoms with Crippen molar-refractivity contribution in [3.8, 4) is 6.07 Å². The second-order valence-corrected chi connectivity index (χ2v) is 2.95. The number of ether oxygens (including phenoxy) is 1. The molecule has 0 spiro atoms. The second-order valence-electron chi connectivity index (χ2n) is 2.95. The minimum absolute atomic E-state index is 0.0919. The molecule has 1 saturated heterocycles. The molecule has 1 aliphatic heterocycles. The molecule has 0 saturated carbocycles. The van der Waals surface area contributed by atoms with E-state index in [0.29, 0.717) is 13.1 Å². The average Bonchev–Trinajstić information content (AvgIpc) is 2.01. The molecule has 1 fully saturated rings. The van der Waals surface area contributed by atoms with Gasteiger partial charge in [0.05, 0.1) is 12.2 Å². The summed E-state index contributed by atoms with van der Waals surface area (Å²) in [6.07, 6.45) is 0.167. The van der Waals surface area contributed by atoms with Gasteiger partial charge in [-0.1, -0.05) is 0 Å². The van der Waals surface area contributed by atoms with Crippen molar-refractivity contribution in [3.05, 3.63) is 0 Å². The number of methoxy groups -OCH3 is 1. The van der Waals surface area contributed by atoms with E-state index < -0.39 is 5.92 Å². The monoisotopic (exact) mass is 168 g/mol. The molecule has 4 heteroatoms. The van der Waals surface area contributed by atoms with E-state index in [2.05, 4.69) is 0 Å². The van der Waals surface area contributed by atoms with E-state index in [-0.39, 0.29) is 12.0 Å². The van der Waals surface area contributed by atoms with Crippen LogP contribution in [0.25, 0.3) is 0 Å². The number of amides is 1. The van der Waals surface area contributed by atoms with Crippen molar-refractivity contribution in [2.24, 2.45) is 5.92 Å². The minimum Gasteiger partial charge on any atom is -0.378 e. The summed E-state index contributed by atoms with van der Waals surface area (Å²) in [5, 5.41) is 8.47. The Balaban J connectivity index is 2.34. The van der Waals surface area contributed by atoms with Gasteiger partial charge in [-0.05, 0) is 6.92 Å². The number of hydrogen-bond donors (Lipinski definition) is 0. The Labute approximate surface area is 71.7 Å². The molecule has 0 N–H and O–H groups in total. The van der Waals surface area contributed by atoms with Crippen LogP contribution in [0.2, 0.25) is 0 Å². The molecule has 1 rings (SSSR count). The first kappa shape index (κ1) is 9.01. The molecule has 1 amide bonds. The second kappa shape index (κ2) is 3.55. The molecule has 12 heavy (non-hydrogen) atoms. The van der Waals surface area contributed by atoms with Gasteiger partial charge >= 0.3 is 0 Å². The SMILES string of the molecule is COC1CN(C(=O)C(C)C#N)C1. The van der Waals surface area contributed by atoms with Gasteiger partial charge in [0, 0.05) is 20.2 Å². The number of hydrogen-bond acceptors (Lipinski definition) is 3. The molecular formula is C8H12N2O2. The van der Waals surface area contributed by atoms with Gasteiger partial charge in [0.2, 0.25) is 5.91 Å². The van der Waals surface area contributed by atoms with E-state index in [1.165, 1.54) is 0 Å². The van der Waals surface area contributed by atoms with Crippen LogP contribution in [0.4, 0.5) is 0 Å². The molecule has 0 aromatic rings. The lowest BCUT2D eigenvalue weighted by molar-refractivity contribution is -0.145. The van der Waals surface area contributed by atoms with Crippen LogP contribution in [-0.4, -0.2) is 37.1 Å². The molecule has 1 unspecified atom stereocenters. The van der Waals surface area contributed by atoms with Crippen LogP contribution in [0.15, 0.2) is 0 Å². The van der Waals surface area contributed by atoms with Crippen LogP contribution in [0.3, 0.4) is 0 Å². The molecular weight excluding hydrogens is 156 g/mol. The first-order valence-electron chi connectivity index (χ1n) is 3.90. The highest BCUT2D eigenvalue weighted by Gasteiger charge is 2.32. The maximum absolute atomic E-state index is 11.3. The summed E-state index contributed by atoms with van der Waals surface area (Å²) in [5.41, 5.74) is 0. The molecule has 0 aromatic carbocycles. The van der Waals surface area contributed by atoms with Gasteiger partial charge in [-0.3, -0.25) is 4.79 Å². The lowest BCUT2D eigenvalue weighted by Crippen LogP contribution is -2.55. The van der Waals surface area contributed by atoms with Crippen molar-refractivity contribution in [2.45, 2.75) is 13.0 Å². The quantitative estimate of drug-likeness (QED) is 0.583. The fourth-order valence-electron chi connectivity index (χ4n) is 1.10. The zero-order valence-corrected chi connectivity index (χ0v) is 7.28. The van der Waals surface area contributed by atoms with Crippen LogP contribution in [0.5, 0.6) is 0 Å². The summed E-state index contributed by atoms with van der Waals surface area (Å²) in [6, 6.07) is 1.91. The average molecular weight is 168 g/mol. The molecule has 0 radical (unpaired) electrons. The lowest BCUT2D eigenvalue weighted by atomic mass is 10.1. The summed E-state index contributed by atoms with van der Waals surface area (Å²) in [4.78, 5) is 12.9. The molecule has 66 valence electrons. The van der Waals surface area contributed by atoms with Crippen LogP contribution in [-0.2, 0) is 9.53 Å². The van der Waals surface area contributed by atoms with Gasteiger partial charge in [-0.15, -0.1) is 0 Å². The third kappa shape index (κ3) is 1.56. The first-order valence-corrected chi connectivity index (χ1v) is 3.90. The summed E-state index contributed by atoms with van der Waals surface area (Å²) in [7, 11) is 1.63. The van der Waals surface area contributed by atoms with Gasteiger partial charge < -0.3 is 9.64 Å². The topological polar surface area (TPSA) is 53.3 Å². The molecule has 0 bridgehead atoms. The van der Waals surface area contributed by atoms with Crippen molar-refractivity contribution < 1.29 is 9.53 Å². The van der Waals surface area contributed by atoms with E-state index in [0.717, 1.165) is 0 Å². The fourth-order valence-corrected chi connectivity index (χ4v) is 1.10. The maximum atomic E-state index is 11.3. The van der Waals surface area contributed by atoms with Crippen molar-refractivity contribution in [3.63, 3.8) is 0 Å². The zero-order chi connectivity index (χ0) is 9.14. The van der Waals surface area contributed by atoms with Crippen LogP contribution < -0.4 is 0 Å². The van der Waals surface area contributed by atoms with E-state index in [9.17, 15) is 4.79 Å². The number of carbonyl (C=O) groups is 1. The van der Waals surface area contributed by atoms with E-state index >= 15 is 0 Å². The predicted octanol–water partition coefficient (Wildman–Crippen LogP) is 0.00328. The maximum Gasteiger partial charge on any atom is 0.239 e. The predicted molar refractivity (Wildman–Crippen MR) is 42.2 cm³/mol. The Kier molecular flexibility index (Phi) is 2.66. The van der Waals surface area contributed by atoms with E-state index in [1.807, 2.05) is 6.07 Å². The van der Waals surface area contributed by atoms with Gasteiger partial charge in [0.15, 0.2) is 0 Å². The third-order valence-electron chi connectivity index (χ3n) is 2.06. The normalized spacial score (nSPS) is 19.6. The number of likely N-dealkylation sites (tertiary alicyclic amines) is 1. The summed E-state index contributed by atoms with van der Waals surface area (Å²) >= 11 is 0. The number of nitriles is 1. The highest BCUT2D eigenvalue weighted by molar-refractivity contribution is 5.81. The van der Waals surface area contributed by atoms with E-state index in [1.54, 1.807) is 18.9 Å². The number of nitrogens with zero attached hydrogens (tertiary/aromatic N) is 2. The molecule has 1 heterocycles. The molecule has 1 aliphatic rings. The van der Waals surface area contributed by atoms with E-state index in [4.69, 9.17) is 10.00 Å². The van der Waals surface area contributed by atoms with Gasteiger partial charge in [0.1, 0.15) is 5.92 Å². The largest absolute Gasteiger partial charge is 0.378 e. The Bertz CT molecular complexity index is 216.